The quantitative estimate of drug-likeness (QED) is 0.106. The summed E-state index contributed by atoms with van der Waals surface area (Å²) in [6.45, 7) is 20.6. The molecule has 17 nitrogen and oxygen atoms in total. The van der Waals surface area contributed by atoms with Gasteiger partial charge in [0.25, 0.3) is 0 Å². The lowest BCUT2D eigenvalue weighted by atomic mass is 9.33. The highest BCUT2D eigenvalue weighted by atomic mass is 16.8. The molecule has 17 heteroatoms. The molecule has 0 spiro atoms. The summed E-state index contributed by atoms with van der Waals surface area (Å²) >= 11 is 0. The standard InChI is InChI=1S/C52H88N2O15/c1-25-14-19-52(47(63)53-22-23-54(10)11)21-20-50(8)29(34(52)26(25)2)12-13-32-49(7)17-16-33(48(5,6)31(49)15-18-51(32,50)9)67-46-43(69-45-40(61)38(59)36(57)28(4)65-45)41(62)42(30(24-55)66-46)68-44-39(60)37(58)35(56)27(3)64-44/h12,25-28,30-46,55-62H,13-24H2,1-11H3,(H,53,63)/t25-,26+,27+,28+,30-,31+,32-,33+,34+,35+,36+,37-,38-,39-,40-,41+,42-,43-,44+,45+,46+,49+,50-,51-,52+/m1/s1. The molecule has 0 unspecified atom stereocenters. The number of nitrogens with one attached hydrogen (secondary N) is 1. The average molecular weight is 981 g/mol. The van der Waals surface area contributed by atoms with E-state index in [9.17, 15) is 45.6 Å². The summed E-state index contributed by atoms with van der Waals surface area (Å²) in [5, 5.41) is 90.4. The van der Waals surface area contributed by atoms with Gasteiger partial charge in [0.05, 0.1) is 30.3 Å². The van der Waals surface area contributed by atoms with Crippen LogP contribution in [-0.4, -0.2) is 184 Å². The van der Waals surface area contributed by atoms with Crippen molar-refractivity contribution in [3.8, 4) is 0 Å². The van der Waals surface area contributed by atoms with E-state index in [2.05, 4.69) is 64.8 Å². The maximum absolute atomic E-state index is 14.5. The van der Waals surface area contributed by atoms with E-state index in [0.717, 1.165) is 57.9 Å². The Morgan fingerprint density at radius 2 is 1.30 bits per heavy atom. The molecule has 1 amide bonds. The second-order valence-electron chi connectivity index (χ2n) is 24.6. The molecule has 7 fully saturated rings. The largest absolute Gasteiger partial charge is 0.394 e. The second-order valence-corrected chi connectivity index (χ2v) is 24.6. The van der Waals surface area contributed by atoms with Crippen LogP contribution in [0.5, 0.6) is 0 Å². The van der Waals surface area contributed by atoms with E-state index in [1.54, 1.807) is 0 Å². The molecule has 25 atom stereocenters. The van der Waals surface area contributed by atoms with Crippen molar-refractivity contribution in [2.75, 3.05) is 33.8 Å². The molecule has 0 aromatic rings. The van der Waals surface area contributed by atoms with Crippen LogP contribution < -0.4 is 5.32 Å². The van der Waals surface area contributed by atoms with Gasteiger partial charge in [-0.3, -0.25) is 4.79 Å². The summed E-state index contributed by atoms with van der Waals surface area (Å²) in [5.74, 6) is 1.91. The molecule has 69 heavy (non-hydrogen) atoms. The first kappa shape index (κ1) is 53.9. The fourth-order valence-electron chi connectivity index (χ4n) is 15.9. The Balaban J connectivity index is 1.06. The zero-order valence-corrected chi connectivity index (χ0v) is 43.1. The SMILES string of the molecule is C[C@H]1[C@H](C)CC[C@]2(C(=O)NCCN(C)C)CC[C@]3(C)C(=CC[C@@H]4[C@@]5(C)CC[C@H](O[C@@H]6O[C@H](CO)[C@@H](O[C@@H]7O[C@@H](C)[C@H](O)[C@@H](O)[C@H]7O)[C@H](O)[C@H]6O[C@@H]6O[C@@H](C)[C@H](O)[C@@H](O)[C@H]6O)C(C)(C)[C@@H]5CC[C@]43C)[C@H]12. The summed E-state index contributed by atoms with van der Waals surface area (Å²) in [6, 6.07) is 0. The molecule has 0 radical (unpaired) electrons. The number of aliphatic hydroxyl groups is 8. The van der Waals surface area contributed by atoms with Crippen LogP contribution >= 0.6 is 0 Å². The van der Waals surface area contributed by atoms with Crippen molar-refractivity contribution in [2.24, 2.45) is 56.7 Å². The third-order valence-electron chi connectivity index (χ3n) is 20.5. The molecule has 8 aliphatic rings. The lowest BCUT2D eigenvalue weighted by Gasteiger charge is -2.71. The Morgan fingerprint density at radius 3 is 1.90 bits per heavy atom. The Labute approximate surface area is 409 Å². The van der Waals surface area contributed by atoms with Gasteiger partial charge in [0.1, 0.15) is 61.0 Å². The maximum atomic E-state index is 14.5. The summed E-state index contributed by atoms with van der Waals surface area (Å²) in [7, 11) is 4.08. The molecule has 0 aromatic heterocycles. The molecule has 5 aliphatic carbocycles. The van der Waals surface area contributed by atoms with Gasteiger partial charge < -0.3 is 79.5 Å². The van der Waals surface area contributed by atoms with Crippen LogP contribution in [0.15, 0.2) is 11.6 Å². The van der Waals surface area contributed by atoms with Gasteiger partial charge in [0, 0.05) is 13.1 Å². The minimum Gasteiger partial charge on any atom is -0.394 e. The number of rotatable bonds is 11. The number of allylic oxidation sites excluding steroid dienone is 2. The van der Waals surface area contributed by atoms with E-state index in [-0.39, 0.29) is 34.0 Å². The minimum atomic E-state index is -1.73. The molecule has 3 saturated heterocycles. The van der Waals surface area contributed by atoms with E-state index in [1.807, 2.05) is 14.1 Å². The maximum Gasteiger partial charge on any atom is 0.226 e. The van der Waals surface area contributed by atoms with Crippen LogP contribution in [0.2, 0.25) is 0 Å². The van der Waals surface area contributed by atoms with Crippen molar-refractivity contribution >= 4 is 5.91 Å². The van der Waals surface area contributed by atoms with Crippen molar-refractivity contribution in [1.82, 2.24) is 10.2 Å². The molecular formula is C52H88N2O15. The average Bonchev–Trinajstić information content (AvgIpc) is 3.29. The molecule has 0 bridgehead atoms. The summed E-state index contributed by atoms with van der Waals surface area (Å²) in [6.07, 6.45) is -11.4. The number of nitrogens with zero attached hydrogens (tertiary/aromatic N) is 1. The lowest BCUT2D eigenvalue weighted by Crippen LogP contribution is -2.68. The number of fused-ring (bicyclic) bond motifs is 7. The molecular weight excluding hydrogens is 893 g/mol. The fraction of sp³-hybridized carbons (Fsp3) is 0.942. The highest BCUT2D eigenvalue weighted by Gasteiger charge is 2.70. The van der Waals surface area contributed by atoms with E-state index >= 15 is 0 Å². The van der Waals surface area contributed by atoms with Gasteiger partial charge in [0.15, 0.2) is 18.9 Å². The second kappa shape index (κ2) is 19.7. The monoisotopic (exact) mass is 981 g/mol. The molecule has 3 heterocycles. The number of carbonyl (C=O) groups is 1. The highest BCUT2D eigenvalue weighted by Crippen LogP contribution is 2.76. The number of ether oxygens (including phenoxy) is 6. The number of likely N-dealkylation sites (N-methyl/N-ethyl adjacent to an activating group) is 1. The summed E-state index contributed by atoms with van der Waals surface area (Å²) in [4.78, 5) is 16.6. The van der Waals surface area contributed by atoms with Crippen molar-refractivity contribution < 1.29 is 74.1 Å². The van der Waals surface area contributed by atoms with Crippen LogP contribution in [0.25, 0.3) is 0 Å². The van der Waals surface area contributed by atoms with Crippen molar-refractivity contribution in [2.45, 2.75) is 218 Å². The van der Waals surface area contributed by atoms with E-state index in [4.69, 9.17) is 28.4 Å². The highest BCUT2D eigenvalue weighted by molar-refractivity contribution is 5.84. The molecule has 8 rings (SSSR count). The number of carbonyl (C=O) groups excluding carboxylic acids is 1. The predicted molar refractivity (Wildman–Crippen MR) is 252 cm³/mol. The van der Waals surface area contributed by atoms with E-state index in [0.29, 0.717) is 30.7 Å². The lowest BCUT2D eigenvalue weighted by molar-refractivity contribution is -0.393. The van der Waals surface area contributed by atoms with Gasteiger partial charge in [-0.1, -0.05) is 60.1 Å². The Morgan fingerprint density at radius 1 is 0.696 bits per heavy atom. The van der Waals surface area contributed by atoms with E-state index < -0.39 is 116 Å². The molecule has 3 aliphatic heterocycles. The van der Waals surface area contributed by atoms with Gasteiger partial charge in [0.2, 0.25) is 5.91 Å². The van der Waals surface area contributed by atoms with Crippen LogP contribution in [0, 0.1) is 56.7 Å². The fourth-order valence-corrected chi connectivity index (χ4v) is 15.9. The van der Waals surface area contributed by atoms with Crippen molar-refractivity contribution in [3.63, 3.8) is 0 Å². The van der Waals surface area contributed by atoms with Gasteiger partial charge in [-0.25, -0.2) is 0 Å². The first-order chi connectivity index (χ1) is 32.3. The molecule has 9 N–H and O–H groups in total. The minimum absolute atomic E-state index is 0.0172. The number of hydrogen-bond acceptors (Lipinski definition) is 16. The smallest absolute Gasteiger partial charge is 0.226 e. The van der Waals surface area contributed by atoms with Crippen LogP contribution in [0.1, 0.15) is 120 Å². The first-order valence-electron chi connectivity index (χ1n) is 26.2. The Hall–Kier alpha value is -1.39. The normalized spacial score (nSPS) is 53.0. The number of amides is 1. The molecule has 4 saturated carbocycles. The van der Waals surface area contributed by atoms with Gasteiger partial charge >= 0.3 is 0 Å². The number of aliphatic hydroxyl groups excluding tert-OH is 8. The zero-order valence-electron chi connectivity index (χ0n) is 43.1. The van der Waals surface area contributed by atoms with Crippen LogP contribution in [0.3, 0.4) is 0 Å². The topological polar surface area (TPSA) is 250 Å². The van der Waals surface area contributed by atoms with Gasteiger partial charge in [-0.2, -0.15) is 0 Å². The summed E-state index contributed by atoms with van der Waals surface area (Å²) < 4.78 is 37.4. The van der Waals surface area contributed by atoms with Crippen LogP contribution in [0.4, 0.5) is 0 Å². The number of hydrogen-bond donors (Lipinski definition) is 9. The van der Waals surface area contributed by atoms with Crippen molar-refractivity contribution in [3.05, 3.63) is 11.6 Å². The predicted octanol–water partition coefficient (Wildman–Crippen LogP) is 2.21. The Bertz CT molecular complexity index is 1860. The van der Waals surface area contributed by atoms with Gasteiger partial charge in [-0.05, 0) is 137 Å². The molecule has 0 aromatic carbocycles. The van der Waals surface area contributed by atoms with Crippen molar-refractivity contribution in [1.29, 1.82) is 0 Å². The third kappa shape index (κ3) is 8.81. The van der Waals surface area contributed by atoms with E-state index in [1.165, 1.54) is 19.4 Å². The third-order valence-corrected chi connectivity index (χ3v) is 20.5. The molecule has 396 valence electrons. The van der Waals surface area contributed by atoms with Crippen LogP contribution in [-0.2, 0) is 33.2 Å². The Kier molecular flexibility index (Phi) is 15.4. The first-order valence-corrected chi connectivity index (χ1v) is 26.2. The summed E-state index contributed by atoms with van der Waals surface area (Å²) in [5.41, 5.74) is 0.492. The van der Waals surface area contributed by atoms with Gasteiger partial charge in [-0.15, -0.1) is 0 Å². The zero-order chi connectivity index (χ0) is 50.5.